The number of nitriles is 1. The Labute approximate surface area is 122 Å². The van der Waals surface area contributed by atoms with Gasteiger partial charge in [-0.15, -0.1) is 0 Å². The maximum atomic E-state index is 9.16. The minimum atomic E-state index is 0.407. The number of nitrogens with one attached hydrogen (secondary N) is 1. The van der Waals surface area contributed by atoms with Gasteiger partial charge in [-0.05, 0) is 57.3 Å². The molecular formula is C17H25N3. The van der Waals surface area contributed by atoms with E-state index in [4.69, 9.17) is 5.26 Å². The second-order valence-electron chi connectivity index (χ2n) is 5.79. The first-order valence-corrected chi connectivity index (χ1v) is 7.72. The number of benzene rings is 1. The summed E-state index contributed by atoms with van der Waals surface area (Å²) in [5, 5.41) is 12.7. The van der Waals surface area contributed by atoms with Crippen LogP contribution in [0.1, 0.15) is 38.7 Å². The van der Waals surface area contributed by atoms with Crippen LogP contribution in [0.2, 0.25) is 0 Å². The second kappa shape index (κ2) is 7.31. The molecule has 0 aromatic heterocycles. The molecule has 108 valence electrons. The summed E-state index contributed by atoms with van der Waals surface area (Å²) in [5.41, 5.74) is 1.70. The number of anilines is 1. The van der Waals surface area contributed by atoms with Gasteiger partial charge in [0.25, 0.3) is 0 Å². The summed E-state index contributed by atoms with van der Waals surface area (Å²) in [6.45, 7) is 8.11. The van der Waals surface area contributed by atoms with Crippen molar-refractivity contribution in [2.45, 2.75) is 39.2 Å². The molecule has 1 saturated heterocycles. The number of hydrogen-bond donors (Lipinski definition) is 1. The van der Waals surface area contributed by atoms with E-state index in [2.05, 4.69) is 30.1 Å². The number of para-hydroxylation sites is 1. The molecule has 20 heavy (non-hydrogen) atoms. The van der Waals surface area contributed by atoms with Crippen molar-refractivity contribution in [1.29, 1.82) is 5.26 Å². The van der Waals surface area contributed by atoms with E-state index in [1.54, 1.807) is 0 Å². The molecule has 1 aromatic rings. The summed E-state index contributed by atoms with van der Waals surface area (Å²) in [5.74, 6) is 0.669. The van der Waals surface area contributed by atoms with Gasteiger partial charge in [0.1, 0.15) is 6.07 Å². The van der Waals surface area contributed by atoms with Crippen molar-refractivity contribution < 1.29 is 0 Å². The van der Waals surface area contributed by atoms with Crippen molar-refractivity contribution in [3.63, 3.8) is 0 Å². The van der Waals surface area contributed by atoms with Crippen LogP contribution in [0.25, 0.3) is 0 Å². The highest BCUT2D eigenvalue weighted by Crippen LogP contribution is 2.23. The van der Waals surface area contributed by atoms with E-state index in [1.165, 1.54) is 38.9 Å². The maximum absolute atomic E-state index is 9.16. The Bertz CT molecular complexity index is 462. The summed E-state index contributed by atoms with van der Waals surface area (Å²) < 4.78 is 0. The fourth-order valence-electron chi connectivity index (χ4n) is 3.09. The zero-order chi connectivity index (χ0) is 14.4. The maximum Gasteiger partial charge on any atom is 0.101 e. The van der Waals surface area contributed by atoms with E-state index >= 15 is 0 Å². The van der Waals surface area contributed by atoms with E-state index in [9.17, 15) is 0 Å². The molecule has 2 rings (SSSR count). The SMILES string of the molecule is CCCN1CCCC(C(C)Nc2ccccc2C#N)C1. The van der Waals surface area contributed by atoms with Crippen LogP contribution >= 0.6 is 0 Å². The first-order valence-electron chi connectivity index (χ1n) is 7.72. The lowest BCUT2D eigenvalue weighted by atomic mass is 9.91. The average Bonchev–Trinajstić information content (AvgIpc) is 2.48. The van der Waals surface area contributed by atoms with E-state index < -0.39 is 0 Å². The Kier molecular flexibility index (Phi) is 5.43. The molecule has 3 heteroatoms. The second-order valence-corrected chi connectivity index (χ2v) is 5.79. The normalized spacial score (nSPS) is 21.1. The number of hydrogen-bond acceptors (Lipinski definition) is 3. The lowest BCUT2D eigenvalue weighted by Gasteiger charge is -2.36. The Morgan fingerprint density at radius 3 is 3.00 bits per heavy atom. The molecule has 0 radical (unpaired) electrons. The van der Waals surface area contributed by atoms with Crippen molar-refractivity contribution in [3.8, 4) is 6.07 Å². The molecule has 1 aliphatic rings. The van der Waals surface area contributed by atoms with Crippen LogP contribution in [0.15, 0.2) is 24.3 Å². The molecule has 2 atom stereocenters. The molecule has 3 nitrogen and oxygen atoms in total. The number of likely N-dealkylation sites (tertiary alicyclic amines) is 1. The highest BCUT2D eigenvalue weighted by Gasteiger charge is 2.24. The summed E-state index contributed by atoms with van der Waals surface area (Å²) >= 11 is 0. The fourth-order valence-corrected chi connectivity index (χ4v) is 3.09. The van der Waals surface area contributed by atoms with Crippen molar-refractivity contribution in [1.82, 2.24) is 4.90 Å². The lowest BCUT2D eigenvalue weighted by molar-refractivity contribution is 0.165. The smallest absolute Gasteiger partial charge is 0.101 e. The Morgan fingerprint density at radius 1 is 1.45 bits per heavy atom. The van der Waals surface area contributed by atoms with Gasteiger partial charge in [-0.2, -0.15) is 5.26 Å². The summed E-state index contributed by atoms with van der Waals surface area (Å²) in [6, 6.07) is 10.4. The molecule has 0 saturated carbocycles. The molecule has 0 bridgehead atoms. The van der Waals surface area contributed by atoms with Gasteiger partial charge in [-0.1, -0.05) is 19.1 Å². The van der Waals surface area contributed by atoms with Crippen molar-refractivity contribution in [2.24, 2.45) is 5.92 Å². The largest absolute Gasteiger partial charge is 0.381 e. The van der Waals surface area contributed by atoms with E-state index in [1.807, 2.05) is 24.3 Å². The van der Waals surface area contributed by atoms with E-state index in [0.29, 0.717) is 12.0 Å². The lowest BCUT2D eigenvalue weighted by Crippen LogP contribution is -2.42. The number of rotatable bonds is 5. The molecule has 0 spiro atoms. The molecule has 1 aromatic carbocycles. The highest BCUT2D eigenvalue weighted by molar-refractivity contribution is 5.57. The molecule has 2 unspecified atom stereocenters. The first-order chi connectivity index (χ1) is 9.74. The predicted molar refractivity (Wildman–Crippen MR) is 83.7 cm³/mol. The monoisotopic (exact) mass is 271 g/mol. The fraction of sp³-hybridized carbons (Fsp3) is 0.588. The molecule has 1 aliphatic heterocycles. The zero-order valence-electron chi connectivity index (χ0n) is 12.6. The van der Waals surface area contributed by atoms with E-state index in [0.717, 1.165) is 11.3 Å². The zero-order valence-corrected chi connectivity index (χ0v) is 12.6. The average molecular weight is 271 g/mol. The van der Waals surface area contributed by atoms with Crippen LogP contribution in [0.3, 0.4) is 0 Å². The van der Waals surface area contributed by atoms with E-state index in [-0.39, 0.29) is 0 Å². The number of nitrogens with zero attached hydrogens (tertiary/aromatic N) is 2. The minimum absolute atomic E-state index is 0.407. The summed E-state index contributed by atoms with van der Waals surface area (Å²) in [6.07, 6.45) is 3.80. The van der Waals surface area contributed by atoms with Gasteiger partial charge >= 0.3 is 0 Å². The Hall–Kier alpha value is -1.53. The van der Waals surface area contributed by atoms with Crippen molar-refractivity contribution in [2.75, 3.05) is 25.0 Å². The molecule has 0 aliphatic carbocycles. The topological polar surface area (TPSA) is 39.1 Å². The predicted octanol–water partition coefficient (Wildman–Crippen LogP) is 3.48. The summed E-state index contributed by atoms with van der Waals surface area (Å²) in [4.78, 5) is 2.57. The molecule has 1 heterocycles. The minimum Gasteiger partial charge on any atom is -0.381 e. The van der Waals surface area contributed by atoms with Crippen LogP contribution < -0.4 is 5.32 Å². The third kappa shape index (κ3) is 3.74. The Morgan fingerprint density at radius 2 is 2.25 bits per heavy atom. The third-order valence-electron chi connectivity index (χ3n) is 4.22. The van der Waals surface area contributed by atoms with Crippen LogP contribution in [0.4, 0.5) is 5.69 Å². The molecule has 1 fully saturated rings. The molecule has 1 N–H and O–H groups in total. The van der Waals surface area contributed by atoms with Crippen LogP contribution in [-0.2, 0) is 0 Å². The van der Waals surface area contributed by atoms with Gasteiger partial charge in [0.05, 0.1) is 11.3 Å². The van der Waals surface area contributed by atoms with Crippen LogP contribution in [0.5, 0.6) is 0 Å². The van der Waals surface area contributed by atoms with Gasteiger partial charge in [-0.3, -0.25) is 0 Å². The van der Waals surface area contributed by atoms with Gasteiger partial charge in [0, 0.05) is 12.6 Å². The Balaban J connectivity index is 1.97. The standard InChI is InChI=1S/C17H25N3/c1-3-10-20-11-6-8-16(13-20)14(2)19-17-9-5-4-7-15(17)12-18/h4-5,7,9,14,16,19H,3,6,8,10-11,13H2,1-2H3. The first kappa shape index (κ1) is 14.9. The molecular weight excluding hydrogens is 246 g/mol. The highest BCUT2D eigenvalue weighted by atomic mass is 15.1. The summed E-state index contributed by atoms with van der Waals surface area (Å²) in [7, 11) is 0. The van der Waals surface area contributed by atoms with Gasteiger partial charge in [-0.25, -0.2) is 0 Å². The van der Waals surface area contributed by atoms with Crippen molar-refractivity contribution in [3.05, 3.63) is 29.8 Å². The number of piperidine rings is 1. The van der Waals surface area contributed by atoms with Crippen molar-refractivity contribution >= 4 is 5.69 Å². The van der Waals surface area contributed by atoms with Gasteiger partial charge in [0.2, 0.25) is 0 Å². The third-order valence-corrected chi connectivity index (χ3v) is 4.22. The van der Waals surface area contributed by atoms with Gasteiger partial charge in [0.15, 0.2) is 0 Å². The quantitative estimate of drug-likeness (QED) is 0.891. The van der Waals surface area contributed by atoms with Crippen LogP contribution in [0, 0.1) is 17.2 Å². The van der Waals surface area contributed by atoms with Crippen LogP contribution in [-0.4, -0.2) is 30.6 Å². The molecule has 0 amide bonds. The van der Waals surface area contributed by atoms with Gasteiger partial charge < -0.3 is 10.2 Å².